The Hall–Kier alpha value is -1.67. The standard InChI is InChI=1S/C24H29ClO6/c1-24(2)7-8-30-18-6-3-13(10-16(18)24)9-15-11-14(4-5-17(15)25)23-22(29)21(28)20(27)19(12-26)31-23/h3-6,10-11,19-23,26-29H,7-9,12H2,1-2H3. The van der Waals surface area contributed by atoms with Gasteiger partial charge in [0.2, 0.25) is 0 Å². The van der Waals surface area contributed by atoms with Crippen LogP contribution in [0, 0.1) is 0 Å². The van der Waals surface area contributed by atoms with Gasteiger partial charge in [-0.05, 0) is 47.1 Å². The van der Waals surface area contributed by atoms with Gasteiger partial charge < -0.3 is 29.9 Å². The van der Waals surface area contributed by atoms with Crippen LogP contribution in [0.3, 0.4) is 0 Å². The van der Waals surface area contributed by atoms with Crippen LogP contribution < -0.4 is 4.74 Å². The lowest BCUT2D eigenvalue weighted by atomic mass is 9.79. The zero-order chi connectivity index (χ0) is 22.3. The van der Waals surface area contributed by atoms with Gasteiger partial charge >= 0.3 is 0 Å². The number of halogens is 1. The van der Waals surface area contributed by atoms with E-state index in [0.717, 1.165) is 23.3 Å². The molecule has 7 heteroatoms. The van der Waals surface area contributed by atoms with E-state index in [1.807, 2.05) is 18.2 Å². The Labute approximate surface area is 187 Å². The highest BCUT2D eigenvalue weighted by Crippen LogP contribution is 2.39. The molecule has 1 fully saturated rings. The first-order valence-electron chi connectivity index (χ1n) is 10.6. The molecule has 31 heavy (non-hydrogen) atoms. The van der Waals surface area contributed by atoms with E-state index >= 15 is 0 Å². The molecule has 4 N–H and O–H groups in total. The molecule has 4 rings (SSSR count). The first-order chi connectivity index (χ1) is 14.7. The molecule has 2 aromatic carbocycles. The Balaban J connectivity index is 1.62. The molecule has 2 aromatic rings. The van der Waals surface area contributed by atoms with Crippen LogP contribution in [0.2, 0.25) is 5.02 Å². The van der Waals surface area contributed by atoms with E-state index in [0.29, 0.717) is 23.6 Å². The second-order valence-corrected chi connectivity index (χ2v) is 9.50. The summed E-state index contributed by atoms with van der Waals surface area (Å²) < 4.78 is 11.5. The Morgan fingerprint density at radius 2 is 1.81 bits per heavy atom. The van der Waals surface area contributed by atoms with E-state index in [1.165, 1.54) is 5.56 Å². The van der Waals surface area contributed by atoms with E-state index in [9.17, 15) is 20.4 Å². The van der Waals surface area contributed by atoms with Gasteiger partial charge in [-0.25, -0.2) is 0 Å². The summed E-state index contributed by atoms with van der Waals surface area (Å²) in [5.41, 5.74) is 3.78. The first kappa shape index (κ1) is 22.5. The number of benzene rings is 2. The lowest BCUT2D eigenvalue weighted by molar-refractivity contribution is -0.231. The lowest BCUT2D eigenvalue weighted by Gasteiger charge is -2.40. The molecule has 0 aliphatic carbocycles. The van der Waals surface area contributed by atoms with E-state index < -0.39 is 37.1 Å². The van der Waals surface area contributed by atoms with Gasteiger partial charge in [0.15, 0.2) is 0 Å². The minimum Gasteiger partial charge on any atom is -0.493 e. The van der Waals surface area contributed by atoms with Crippen molar-refractivity contribution >= 4 is 11.6 Å². The molecule has 2 heterocycles. The van der Waals surface area contributed by atoms with E-state index in [-0.39, 0.29) is 5.41 Å². The smallest absolute Gasteiger partial charge is 0.123 e. The molecule has 0 aromatic heterocycles. The summed E-state index contributed by atoms with van der Waals surface area (Å²) in [5.74, 6) is 0.918. The molecule has 0 radical (unpaired) electrons. The number of rotatable bonds is 4. The molecule has 0 saturated carbocycles. The number of aliphatic hydroxyl groups is 4. The molecular formula is C24H29ClO6. The maximum atomic E-state index is 10.5. The van der Waals surface area contributed by atoms with Crippen LogP contribution in [-0.2, 0) is 16.6 Å². The van der Waals surface area contributed by atoms with Crippen LogP contribution >= 0.6 is 11.6 Å². The maximum absolute atomic E-state index is 10.5. The van der Waals surface area contributed by atoms with Gasteiger partial charge in [-0.3, -0.25) is 0 Å². The molecule has 168 valence electrons. The quantitative estimate of drug-likeness (QED) is 0.573. The second-order valence-electron chi connectivity index (χ2n) is 9.09. The van der Waals surface area contributed by atoms with Crippen LogP contribution in [0.15, 0.2) is 36.4 Å². The summed E-state index contributed by atoms with van der Waals surface area (Å²) in [4.78, 5) is 0. The highest BCUT2D eigenvalue weighted by Gasteiger charge is 2.44. The Bertz CT molecular complexity index is 944. The molecule has 2 aliphatic rings. The summed E-state index contributed by atoms with van der Waals surface area (Å²) in [6.07, 6.45) is -4.44. The van der Waals surface area contributed by atoms with Crippen LogP contribution in [0.5, 0.6) is 5.75 Å². The molecule has 2 aliphatic heterocycles. The van der Waals surface area contributed by atoms with E-state index in [2.05, 4.69) is 19.9 Å². The van der Waals surface area contributed by atoms with Crippen molar-refractivity contribution in [1.29, 1.82) is 0 Å². The minimum atomic E-state index is -1.42. The van der Waals surface area contributed by atoms with Gasteiger partial charge in [0.1, 0.15) is 36.3 Å². The van der Waals surface area contributed by atoms with Crippen molar-refractivity contribution in [2.24, 2.45) is 0 Å². The highest BCUT2D eigenvalue weighted by atomic mass is 35.5. The number of fused-ring (bicyclic) bond motifs is 1. The number of hydrogen-bond donors (Lipinski definition) is 4. The van der Waals surface area contributed by atoms with Gasteiger partial charge in [0.25, 0.3) is 0 Å². The van der Waals surface area contributed by atoms with Crippen molar-refractivity contribution in [1.82, 2.24) is 0 Å². The third-order valence-corrected chi connectivity index (χ3v) is 6.81. The average Bonchev–Trinajstić information content (AvgIpc) is 2.74. The molecule has 0 spiro atoms. The molecule has 0 bridgehead atoms. The Morgan fingerprint density at radius 1 is 1.03 bits per heavy atom. The van der Waals surface area contributed by atoms with Crippen molar-refractivity contribution < 1.29 is 29.9 Å². The number of hydrogen-bond acceptors (Lipinski definition) is 6. The molecule has 5 atom stereocenters. The maximum Gasteiger partial charge on any atom is 0.123 e. The van der Waals surface area contributed by atoms with Crippen LogP contribution in [0.4, 0.5) is 0 Å². The van der Waals surface area contributed by atoms with Crippen LogP contribution in [0.25, 0.3) is 0 Å². The number of aliphatic hydroxyl groups excluding tert-OH is 4. The Morgan fingerprint density at radius 3 is 2.55 bits per heavy atom. The highest BCUT2D eigenvalue weighted by molar-refractivity contribution is 6.31. The second kappa shape index (κ2) is 8.70. The minimum absolute atomic E-state index is 0.0333. The molecule has 0 amide bonds. The normalized spacial score (nSPS) is 29.8. The Kier molecular flexibility index (Phi) is 6.32. The predicted molar refractivity (Wildman–Crippen MR) is 117 cm³/mol. The van der Waals surface area contributed by atoms with E-state index in [4.69, 9.17) is 21.1 Å². The summed E-state index contributed by atoms with van der Waals surface area (Å²) >= 11 is 6.47. The van der Waals surface area contributed by atoms with Gasteiger partial charge in [0, 0.05) is 10.6 Å². The van der Waals surface area contributed by atoms with E-state index in [1.54, 1.807) is 12.1 Å². The van der Waals surface area contributed by atoms with Gasteiger partial charge in [-0.2, -0.15) is 0 Å². The van der Waals surface area contributed by atoms with Gasteiger partial charge in [0.05, 0.1) is 13.2 Å². The molecular weight excluding hydrogens is 420 g/mol. The van der Waals surface area contributed by atoms with Crippen molar-refractivity contribution in [2.45, 2.75) is 62.6 Å². The molecule has 1 saturated heterocycles. The van der Waals surface area contributed by atoms with Crippen LogP contribution in [-0.4, -0.2) is 58.1 Å². The summed E-state index contributed by atoms with van der Waals surface area (Å²) in [7, 11) is 0. The van der Waals surface area contributed by atoms with Gasteiger partial charge in [-0.15, -0.1) is 0 Å². The summed E-state index contributed by atoms with van der Waals surface area (Å²) in [6.45, 7) is 4.68. The predicted octanol–water partition coefficient (Wildman–Crippen LogP) is 2.51. The molecule has 5 unspecified atom stereocenters. The van der Waals surface area contributed by atoms with Crippen molar-refractivity contribution in [3.63, 3.8) is 0 Å². The fraction of sp³-hybridized carbons (Fsp3) is 0.500. The zero-order valence-corrected chi connectivity index (χ0v) is 18.4. The number of ether oxygens (including phenoxy) is 2. The fourth-order valence-electron chi connectivity index (χ4n) is 4.40. The molecule has 6 nitrogen and oxygen atoms in total. The monoisotopic (exact) mass is 448 g/mol. The van der Waals surface area contributed by atoms with Gasteiger partial charge in [-0.1, -0.05) is 49.7 Å². The van der Waals surface area contributed by atoms with Crippen molar-refractivity contribution in [3.8, 4) is 5.75 Å². The topological polar surface area (TPSA) is 99.4 Å². The summed E-state index contributed by atoms with van der Waals surface area (Å²) in [5, 5.41) is 40.6. The third-order valence-electron chi connectivity index (χ3n) is 6.44. The first-order valence-corrected chi connectivity index (χ1v) is 10.9. The van der Waals surface area contributed by atoms with Crippen LogP contribution in [0.1, 0.15) is 48.6 Å². The third kappa shape index (κ3) is 4.33. The van der Waals surface area contributed by atoms with Crippen molar-refractivity contribution in [2.75, 3.05) is 13.2 Å². The summed E-state index contributed by atoms with van der Waals surface area (Å²) in [6, 6.07) is 11.5. The average molecular weight is 449 g/mol. The SMILES string of the molecule is CC1(C)CCOc2ccc(Cc3cc(C4OC(CO)C(O)C(O)C4O)ccc3Cl)cc21. The largest absolute Gasteiger partial charge is 0.493 e. The fourth-order valence-corrected chi connectivity index (χ4v) is 4.58. The van der Waals surface area contributed by atoms with Crippen molar-refractivity contribution in [3.05, 3.63) is 63.7 Å². The lowest BCUT2D eigenvalue weighted by Crippen LogP contribution is -2.55. The zero-order valence-electron chi connectivity index (χ0n) is 17.7.